The van der Waals surface area contributed by atoms with Crippen molar-refractivity contribution in [3.05, 3.63) is 24.0 Å². The maximum Gasteiger partial charge on any atom is 0.324 e. The van der Waals surface area contributed by atoms with Gasteiger partial charge < -0.3 is 20.1 Å². The fourth-order valence-electron chi connectivity index (χ4n) is 4.83. The molecule has 0 aromatic rings. The van der Waals surface area contributed by atoms with Crippen LogP contribution >= 0.6 is 0 Å². The standard InChI is InChI=1S/C31H52N4O7/c1-12-20(6)28(34(9)10)31(40)42-25(16-19(4)5)30(39)33-23(15-18(2)3)29(38)32-21(7)13-14-26(36)35-22(8)24(41-11)17-27(35)37/h13-14,17-23,25,28H,12,15-16H2,1-11H3,(H,32,38)(H,33,39)/b14-13+/t20-,21+,22+,23+,25+,28-/m1/s1. The molecule has 11 nitrogen and oxygen atoms in total. The van der Waals surface area contributed by atoms with E-state index in [1.165, 1.54) is 25.3 Å². The number of carbonyl (C=O) groups is 5. The van der Waals surface area contributed by atoms with E-state index < -0.39 is 59.9 Å². The van der Waals surface area contributed by atoms with Crippen molar-refractivity contribution < 1.29 is 33.4 Å². The number of carbonyl (C=O) groups excluding carboxylic acids is 5. The summed E-state index contributed by atoms with van der Waals surface area (Å²) in [6.45, 7) is 15.1. The summed E-state index contributed by atoms with van der Waals surface area (Å²) in [5, 5.41) is 5.61. The number of hydrogen-bond donors (Lipinski definition) is 2. The Morgan fingerprint density at radius 3 is 2.07 bits per heavy atom. The number of likely N-dealkylation sites (N-methyl/N-ethyl adjacent to an activating group) is 1. The SMILES string of the molecule is CC[C@@H](C)[C@H](C(=O)O[C@@H](CC(C)C)C(=O)N[C@@H](CC(C)C)C(=O)N[C@@H](C)/C=C/C(=O)N1C(=O)C=C(OC)[C@@H]1C)N(C)C. The molecule has 11 heteroatoms. The Labute approximate surface area is 251 Å². The number of methoxy groups -OCH3 is 1. The molecule has 1 rings (SSSR count). The first-order chi connectivity index (χ1) is 19.5. The van der Waals surface area contributed by atoms with Crippen LogP contribution < -0.4 is 10.6 Å². The number of amides is 4. The summed E-state index contributed by atoms with van der Waals surface area (Å²) >= 11 is 0. The highest BCUT2D eigenvalue weighted by Crippen LogP contribution is 2.20. The molecule has 0 saturated heterocycles. The molecule has 0 bridgehead atoms. The van der Waals surface area contributed by atoms with E-state index >= 15 is 0 Å². The van der Waals surface area contributed by atoms with Gasteiger partial charge in [-0.15, -0.1) is 0 Å². The molecular formula is C31H52N4O7. The lowest BCUT2D eigenvalue weighted by Gasteiger charge is -2.30. The Hall–Kier alpha value is -3.21. The van der Waals surface area contributed by atoms with Crippen LogP contribution in [0.5, 0.6) is 0 Å². The zero-order chi connectivity index (χ0) is 32.3. The topological polar surface area (TPSA) is 134 Å². The summed E-state index contributed by atoms with van der Waals surface area (Å²) in [7, 11) is 5.05. The van der Waals surface area contributed by atoms with Gasteiger partial charge in [0.2, 0.25) is 5.91 Å². The van der Waals surface area contributed by atoms with Gasteiger partial charge in [-0.1, -0.05) is 54.0 Å². The average Bonchev–Trinajstić information content (AvgIpc) is 3.18. The second kappa shape index (κ2) is 17.0. The van der Waals surface area contributed by atoms with E-state index in [1.807, 2.05) is 41.5 Å². The van der Waals surface area contributed by atoms with Gasteiger partial charge in [-0.2, -0.15) is 0 Å². The Morgan fingerprint density at radius 2 is 1.60 bits per heavy atom. The van der Waals surface area contributed by atoms with Crippen LogP contribution in [0.3, 0.4) is 0 Å². The minimum Gasteiger partial charge on any atom is -0.499 e. The molecule has 6 atom stereocenters. The number of nitrogens with one attached hydrogen (secondary N) is 2. The van der Waals surface area contributed by atoms with Crippen molar-refractivity contribution in [1.29, 1.82) is 0 Å². The minimum atomic E-state index is -1.05. The van der Waals surface area contributed by atoms with Crippen LogP contribution in [-0.2, 0) is 33.4 Å². The molecule has 42 heavy (non-hydrogen) atoms. The molecule has 2 N–H and O–H groups in total. The number of esters is 1. The molecule has 1 aliphatic rings. The molecule has 1 aliphatic heterocycles. The second-order valence-corrected chi connectivity index (χ2v) is 12.2. The third-order valence-corrected chi connectivity index (χ3v) is 7.23. The van der Waals surface area contributed by atoms with Crippen molar-refractivity contribution >= 4 is 29.6 Å². The second-order valence-electron chi connectivity index (χ2n) is 12.2. The van der Waals surface area contributed by atoms with E-state index in [9.17, 15) is 24.0 Å². The Balaban J connectivity index is 2.99. The van der Waals surface area contributed by atoms with Crippen LogP contribution in [0.2, 0.25) is 0 Å². The van der Waals surface area contributed by atoms with E-state index in [-0.39, 0.29) is 17.8 Å². The van der Waals surface area contributed by atoms with Crippen LogP contribution in [0.15, 0.2) is 24.0 Å². The summed E-state index contributed by atoms with van der Waals surface area (Å²) in [4.78, 5) is 67.5. The van der Waals surface area contributed by atoms with E-state index in [1.54, 1.807) is 32.8 Å². The van der Waals surface area contributed by atoms with Crippen molar-refractivity contribution in [3.63, 3.8) is 0 Å². The first-order valence-corrected chi connectivity index (χ1v) is 14.8. The quantitative estimate of drug-likeness (QED) is 0.206. The molecule has 1 heterocycles. The Morgan fingerprint density at radius 1 is 1.00 bits per heavy atom. The Bertz CT molecular complexity index is 1020. The summed E-state index contributed by atoms with van der Waals surface area (Å²) in [5.74, 6) is -1.86. The van der Waals surface area contributed by atoms with Gasteiger partial charge in [-0.05, 0) is 58.5 Å². The highest BCUT2D eigenvalue weighted by Gasteiger charge is 2.35. The number of ether oxygens (including phenoxy) is 2. The molecule has 0 saturated carbocycles. The molecule has 0 aromatic carbocycles. The maximum atomic E-state index is 13.4. The van der Waals surface area contributed by atoms with E-state index in [0.29, 0.717) is 18.6 Å². The van der Waals surface area contributed by atoms with Crippen molar-refractivity contribution in [2.45, 2.75) is 105 Å². The summed E-state index contributed by atoms with van der Waals surface area (Å²) in [6, 6.07) is -2.48. The highest BCUT2D eigenvalue weighted by molar-refractivity contribution is 6.07. The normalized spacial score (nSPS) is 19.0. The maximum absolute atomic E-state index is 13.4. The lowest BCUT2D eigenvalue weighted by molar-refractivity contribution is -0.163. The summed E-state index contributed by atoms with van der Waals surface area (Å²) in [6.07, 6.45) is 4.38. The molecule has 0 unspecified atom stereocenters. The summed E-state index contributed by atoms with van der Waals surface area (Å²) in [5.41, 5.74) is 0. The van der Waals surface area contributed by atoms with Gasteiger partial charge in [0.15, 0.2) is 6.10 Å². The number of nitrogens with zero attached hydrogens (tertiary/aromatic N) is 2. The van der Waals surface area contributed by atoms with Crippen molar-refractivity contribution in [3.8, 4) is 0 Å². The molecular weight excluding hydrogens is 540 g/mol. The lowest BCUT2D eigenvalue weighted by Crippen LogP contribution is -2.53. The van der Waals surface area contributed by atoms with Gasteiger partial charge in [-0.3, -0.25) is 33.8 Å². The van der Waals surface area contributed by atoms with Crippen molar-refractivity contribution in [2.24, 2.45) is 17.8 Å². The number of hydrogen-bond acceptors (Lipinski definition) is 8. The minimum absolute atomic E-state index is 0.0289. The Kier molecular flexibility index (Phi) is 14.9. The fraction of sp³-hybridized carbons (Fsp3) is 0.710. The monoisotopic (exact) mass is 592 g/mol. The van der Waals surface area contributed by atoms with Crippen LogP contribution in [0, 0.1) is 17.8 Å². The van der Waals surface area contributed by atoms with E-state index in [4.69, 9.17) is 9.47 Å². The van der Waals surface area contributed by atoms with Crippen LogP contribution in [0.25, 0.3) is 0 Å². The van der Waals surface area contributed by atoms with Gasteiger partial charge in [0.25, 0.3) is 17.7 Å². The molecule has 0 spiro atoms. The third kappa shape index (κ3) is 10.9. The lowest BCUT2D eigenvalue weighted by atomic mass is 9.98. The van der Waals surface area contributed by atoms with Gasteiger partial charge >= 0.3 is 5.97 Å². The zero-order valence-electron chi connectivity index (χ0n) is 27.2. The first kappa shape index (κ1) is 36.8. The fourth-order valence-corrected chi connectivity index (χ4v) is 4.83. The largest absolute Gasteiger partial charge is 0.499 e. The summed E-state index contributed by atoms with van der Waals surface area (Å²) < 4.78 is 10.9. The van der Waals surface area contributed by atoms with Crippen LogP contribution in [0.1, 0.15) is 74.7 Å². The third-order valence-electron chi connectivity index (χ3n) is 7.23. The predicted octanol–water partition coefficient (Wildman–Crippen LogP) is 2.80. The van der Waals surface area contributed by atoms with Gasteiger partial charge in [0, 0.05) is 18.2 Å². The molecule has 4 amide bonds. The van der Waals surface area contributed by atoms with Crippen LogP contribution in [-0.4, -0.2) is 90.9 Å². The van der Waals surface area contributed by atoms with E-state index in [2.05, 4.69) is 10.6 Å². The first-order valence-electron chi connectivity index (χ1n) is 14.8. The molecule has 0 fully saturated rings. The van der Waals surface area contributed by atoms with Crippen LogP contribution in [0.4, 0.5) is 0 Å². The van der Waals surface area contributed by atoms with Gasteiger partial charge in [0.05, 0.1) is 13.2 Å². The molecule has 0 radical (unpaired) electrons. The number of rotatable bonds is 16. The van der Waals surface area contributed by atoms with Crippen molar-refractivity contribution in [2.75, 3.05) is 21.2 Å². The molecule has 0 aromatic heterocycles. The van der Waals surface area contributed by atoms with Gasteiger partial charge in [0.1, 0.15) is 17.8 Å². The van der Waals surface area contributed by atoms with Crippen molar-refractivity contribution in [1.82, 2.24) is 20.4 Å². The smallest absolute Gasteiger partial charge is 0.324 e. The van der Waals surface area contributed by atoms with E-state index in [0.717, 1.165) is 11.3 Å². The van der Waals surface area contributed by atoms with Gasteiger partial charge in [-0.25, -0.2) is 0 Å². The number of imide groups is 1. The average molecular weight is 593 g/mol. The molecule has 238 valence electrons. The highest BCUT2D eigenvalue weighted by atomic mass is 16.5. The molecule has 0 aliphatic carbocycles. The predicted molar refractivity (Wildman–Crippen MR) is 161 cm³/mol. The zero-order valence-corrected chi connectivity index (χ0v) is 27.2.